The van der Waals surface area contributed by atoms with Crippen LogP contribution in [0.25, 0.3) is 11.1 Å². The van der Waals surface area contributed by atoms with Gasteiger partial charge in [-0.2, -0.15) is 13.2 Å². The van der Waals surface area contributed by atoms with Gasteiger partial charge in [-0.3, -0.25) is 9.10 Å². The summed E-state index contributed by atoms with van der Waals surface area (Å²) in [6.07, 6.45) is -6.53. The van der Waals surface area contributed by atoms with Crippen molar-refractivity contribution in [2.75, 3.05) is 10.8 Å². The molecule has 0 spiro atoms. The van der Waals surface area contributed by atoms with E-state index in [0.29, 0.717) is 12.1 Å². The Morgan fingerprint density at radius 3 is 2.51 bits per heavy atom. The van der Waals surface area contributed by atoms with Gasteiger partial charge in [0, 0.05) is 18.4 Å². The van der Waals surface area contributed by atoms with Crippen molar-refractivity contribution >= 4 is 27.6 Å². The van der Waals surface area contributed by atoms with E-state index in [0.717, 1.165) is 34.6 Å². The van der Waals surface area contributed by atoms with E-state index in [1.807, 2.05) is 0 Å². The van der Waals surface area contributed by atoms with E-state index in [9.17, 15) is 45.1 Å². The normalized spacial score (nSPS) is 20.8. The number of rotatable bonds is 6. The van der Waals surface area contributed by atoms with Crippen LogP contribution in [0.2, 0.25) is 0 Å². The van der Waals surface area contributed by atoms with Crippen LogP contribution in [-0.4, -0.2) is 43.6 Å². The predicted molar refractivity (Wildman–Crippen MR) is 135 cm³/mol. The molecule has 1 fully saturated rings. The zero-order valence-corrected chi connectivity index (χ0v) is 21.7. The molecule has 2 aliphatic heterocycles. The van der Waals surface area contributed by atoms with Gasteiger partial charge in [-0.05, 0) is 60.5 Å². The average Bonchev–Trinajstić information content (AvgIpc) is 3.30. The number of aliphatic carboxylic acids is 1. The number of hydrogen-bond donors (Lipinski definition) is 2. The third-order valence-electron chi connectivity index (χ3n) is 7.02. The van der Waals surface area contributed by atoms with Gasteiger partial charge in [0.15, 0.2) is 0 Å². The number of carboxylic acid groups (broad SMARTS) is 1. The molecule has 2 heterocycles. The molecule has 1 amide bonds. The maximum absolute atomic E-state index is 14.6. The molecule has 216 valence electrons. The minimum atomic E-state index is -4.84. The van der Waals surface area contributed by atoms with Crippen LogP contribution in [0.1, 0.15) is 24.8 Å². The van der Waals surface area contributed by atoms with Crippen LogP contribution in [0.5, 0.6) is 5.75 Å². The fourth-order valence-corrected chi connectivity index (χ4v) is 6.55. The number of carbonyl (C=O) groups is 2. The molecule has 41 heavy (non-hydrogen) atoms. The standard InChI is InChI=1S/C27H21F5N2O6S/c28-17-5-6-21(29)20(12-17)15-4-7-23-22(10-15)34(41(38,39)19-3-1-2-16(11-19)27(30,31)32)14-18(40-23)13-26(25(36)37)9-8-24(35)33-26/h1-7,10-12,18H,8-9,13-14H2,(H,33,35)(H,36,37)/t18-,26-/m0/s1. The first-order valence-corrected chi connectivity index (χ1v) is 13.6. The number of fused-ring (bicyclic) bond motifs is 1. The molecule has 14 heteroatoms. The first kappa shape index (κ1) is 28.3. The number of anilines is 1. The summed E-state index contributed by atoms with van der Waals surface area (Å²) in [7, 11) is -4.74. The molecule has 3 aromatic carbocycles. The molecule has 5 rings (SSSR count). The van der Waals surface area contributed by atoms with Crippen molar-refractivity contribution in [3.8, 4) is 16.9 Å². The third-order valence-corrected chi connectivity index (χ3v) is 8.80. The van der Waals surface area contributed by atoms with Crippen LogP contribution >= 0.6 is 0 Å². The summed E-state index contributed by atoms with van der Waals surface area (Å²) in [5, 5.41) is 12.3. The first-order valence-electron chi connectivity index (χ1n) is 12.2. The van der Waals surface area contributed by atoms with Crippen molar-refractivity contribution in [3.05, 3.63) is 77.9 Å². The van der Waals surface area contributed by atoms with E-state index in [-0.39, 0.29) is 41.8 Å². The number of nitrogens with one attached hydrogen (secondary N) is 1. The van der Waals surface area contributed by atoms with Gasteiger partial charge in [0.1, 0.15) is 29.0 Å². The molecule has 1 saturated heterocycles. The Morgan fingerprint density at radius 1 is 1.10 bits per heavy atom. The zero-order chi connectivity index (χ0) is 29.7. The first-order chi connectivity index (χ1) is 19.2. The topological polar surface area (TPSA) is 113 Å². The molecule has 8 nitrogen and oxygen atoms in total. The summed E-state index contributed by atoms with van der Waals surface area (Å²) < 4.78 is 103. The Hall–Kier alpha value is -4.20. The maximum atomic E-state index is 14.6. The second-order valence-electron chi connectivity index (χ2n) is 9.75. The monoisotopic (exact) mass is 596 g/mol. The summed E-state index contributed by atoms with van der Waals surface area (Å²) in [6, 6.07) is 9.55. The quantitative estimate of drug-likeness (QED) is 0.398. The van der Waals surface area contributed by atoms with Crippen LogP contribution in [0.15, 0.2) is 65.6 Å². The lowest BCUT2D eigenvalue weighted by atomic mass is 9.90. The molecule has 2 aliphatic rings. The third kappa shape index (κ3) is 5.31. The highest BCUT2D eigenvalue weighted by Crippen LogP contribution is 2.42. The molecule has 2 atom stereocenters. The predicted octanol–water partition coefficient (Wildman–Crippen LogP) is 4.73. The van der Waals surface area contributed by atoms with Crippen LogP contribution < -0.4 is 14.4 Å². The van der Waals surface area contributed by atoms with Crippen LogP contribution in [0, 0.1) is 11.6 Å². The smallest absolute Gasteiger partial charge is 0.416 e. The fourth-order valence-electron chi connectivity index (χ4n) is 5.00. The van der Waals surface area contributed by atoms with Gasteiger partial charge in [-0.25, -0.2) is 22.0 Å². The number of nitrogens with zero attached hydrogens (tertiary/aromatic N) is 1. The number of hydrogen-bond acceptors (Lipinski definition) is 5. The molecule has 2 N–H and O–H groups in total. The number of carbonyl (C=O) groups excluding carboxylic acids is 1. The second-order valence-corrected chi connectivity index (χ2v) is 11.6. The molecule has 0 radical (unpaired) electrons. The van der Waals surface area contributed by atoms with Gasteiger partial charge >= 0.3 is 12.1 Å². The number of halogens is 5. The summed E-state index contributed by atoms with van der Waals surface area (Å²) >= 11 is 0. The van der Waals surface area contributed by atoms with Crippen LogP contribution in [-0.2, 0) is 25.8 Å². The van der Waals surface area contributed by atoms with Crippen molar-refractivity contribution < 1.29 is 49.8 Å². The number of alkyl halides is 3. The SMILES string of the molecule is O=C1CC[C@](C[C@H]2CN(S(=O)(=O)c3cccc(C(F)(F)F)c3)c3cc(-c4cc(F)ccc4F)ccc3O2)(C(=O)O)N1. The van der Waals surface area contributed by atoms with E-state index in [1.54, 1.807) is 0 Å². The summed E-state index contributed by atoms with van der Waals surface area (Å²) in [5.74, 6) is -3.54. The Bertz CT molecular complexity index is 1660. The van der Waals surface area contributed by atoms with Crippen LogP contribution in [0.3, 0.4) is 0 Å². The van der Waals surface area contributed by atoms with Crippen LogP contribution in [0.4, 0.5) is 27.6 Å². The lowest BCUT2D eigenvalue weighted by Crippen LogP contribution is -2.54. The maximum Gasteiger partial charge on any atom is 0.416 e. The Morgan fingerprint density at radius 2 is 1.85 bits per heavy atom. The van der Waals surface area contributed by atoms with Gasteiger partial charge < -0.3 is 15.2 Å². The number of sulfonamides is 1. The zero-order valence-electron chi connectivity index (χ0n) is 20.9. The minimum absolute atomic E-state index is 0.0529. The number of ether oxygens (including phenoxy) is 1. The molecule has 3 aromatic rings. The fraction of sp³-hybridized carbons (Fsp3) is 0.259. The lowest BCUT2D eigenvalue weighted by molar-refractivity contribution is -0.146. The number of benzene rings is 3. The number of amides is 1. The molecule has 0 saturated carbocycles. The second kappa shape index (κ2) is 10.0. The molecule has 0 aliphatic carbocycles. The van der Waals surface area contributed by atoms with E-state index in [4.69, 9.17) is 4.74 Å². The van der Waals surface area contributed by atoms with Gasteiger partial charge in [0.25, 0.3) is 10.0 Å². The highest BCUT2D eigenvalue weighted by atomic mass is 32.2. The van der Waals surface area contributed by atoms with Crippen molar-refractivity contribution in [3.63, 3.8) is 0 Å². The Labute approximate surface area is 230 Å². The van der Waals surface area contributed by atoms with Gasteiger partial charge in [-0.1, -0.05) is 12.1 Å². The van der Waals surface area contributed by atoms with Crippen molar-refractivity contribution in [2.24, 2.45) is 0 Å². The van der Waals surface area contributed by atoms with Gasteiger partial charge in [0.2, 0.25) is 5.91 Å². The van der Waals surface area contributed by atoms with Gasteiger partial charge in [0.05, 0.1) is 22.7 Å². The van der Waals surface area contributed by atoms with E-state index < -0.39 is 68.4 Å². The molecule has 0 bridgehead atoms. The molecule has 0 unspecified atom stereocenters. The lowest BCUT2D eigenvalue weighted by Gasteiger charge is -2.38. The molecular weight excluding hydrogens is 575 g/mol. The van der Waals surface area contributed by atoms with E-state index in [1.165, 1.54) is 18.2 Å². The number of carboxylic acids is 1. The highest BCUT2D eigenvalue weighted by Gasteiger charge is 2.48. The highest BCUT2D eigenvalue weighted by molar-refractivity contribution is 7.92. The van der Waals surface area contributed by atoms with Crippen molar-refractivity contribution in [2.45, 2.75) is 42.0 Å². The average molecular weight is 597 g/mol. The molecule has 0 aromatic heterocycles. The molecular formula is C27H21F5N2O6S. The van der Waals surface area contributed by atoms with E-state index in [2.05, 4.69) is 5.32 Å². The Kier molecular flexibility index (Phi) is 6.92. The van der Waals surface area contributed by atoms with Crippen molar-refractivity contribution in [1.29, 1.82) is 0 Å². The van der Waals surface area contributed by atoms with Gasteiger partial charge in [-0.15, -0.1) is 0 Å². The van der Waals surface area contributed by atoms with Crippen molar-refractivity contribution in [1.82, 2.24) is 5.32 Å². The van der Waals surface area contributed by atoms with E-state index >= 15 is 0 Å². The largest absolute Gasteiger partial charge is 0.486 e. The summed E-state index contributed by atoms with van der Waals surface area (Å²) in [4.78, 5) is 23.3. The Balaban J connectivity index is 1.62. The summed E-state index contributed by atoms with van der Waals surface area (Å²) in [5.41, 5.74) is -3.30. The summed E-state index contributed by atoms with van der Waals surface area (Å²) in [6.45, 7) is -0.550. The minimum Gasteiger partial charge on any atom is -0.486 e.